The van der Waals surface area contributed by atoms with Crippen LogP contribution in [-0.2, 0) is 0 Å². The van der Waals surface area contributed by atoms with E-state index in [1.807, 2.05) is 0 Å². The number of rotatable bonds is 29. The predicted octanol–water partition coefficient (Wildman–Crippen LogP) is 13.1. The fraction of sp³-hybridized carbons (Fsp3) is 0.917. The highest BCUT2D eigenvalue weighted by molar-refractivity contribution is 5.02. The third kappa shape index (κ3) is 18.5. The summed E-state index contributed by atoms with van der Waals surface area (Å²) in [4.78, 5) is 4.89. The Balaban J connectivity index is 2.15. The Bertz CT molecular complexity index is 592. The molecule has 1 aromatic heterocycles. The molecule has 2 nitrogen and oxygen atoms in total. The molecule has 0 amide bonds. The molecule has 0 aliphatic heterocycles. The Morgan fingerprint density at radius 2 is 0.895 bits per heavy atom. The second-order valence-corrected chi connectivity index (χ2v) is 12.5. The topological polar surface area (TPSA) is 17.8 Å². The van der Waals surface area contributed by atoms with Crippen LogP contribution in [0.5, 0.6) is 0 Å². The van der Waals surface area contributed by atoms with E-state index in [-0.39, 0.29) is 0 Å². The maximum atomic E-state index is 4.89. The van der Waals surface area contributed by atoms with Gasteiger partial charge in [0.05, 0.1) is 0 Å². The Hall–Kier alpha value is -0.790. The fourth-order valence-corrected chi connectivity index (χ4v) is 6.24. The average Bonchev–Trinajstić information content (AvgIpc) is 3.41. The predicted molar refractivity (Wildman–Crippen MR) is 171 cm³/mol. The van der Waals surface area contributed by atoms with Crippen molar-refractivity contribution in [2.24, 2.45) is 0 Å². The van der Waals surface area contributed by atoms with Crippen molar-refractivity contribution in [3.63, 3.8) is 0 Å². The molecule has 0 fully saturated rings. The van der Waals surface area contributed by atoms with Gasteiger partial charge in [-0.2, -0.15) is 0 Å². The van der Waals surface area contributed by atoms with Gasteiger partial charge < -0.3 is 4.57 Å². The van der Waals surface area contributed by atoms with Crippen molar-refractivity contribution < 1.29 is 0 Å². The van der Waals surface area contributed by atoms with Crippen LogP contribution in [0.1, 0.15) is 219 Å². The molecule has 224 valence electrons. The minimum atomic E-state index is 0.590. The summed E-state index contributed by atoms with van der Waals surface area (Å²) in [7, 11) is 0. The first-order valence-electron chi connectivity index (χ1n) is 17.8. The van der Waals surface area contributed by atoms with Crippen LogP contribution in [0.3, 0.4) is 0 Å². The first kappa shape index (κ1) is 35.2. The zero-order valence-electron chi connectivity index (χ0n) is 26.8. The SMILES string of the molecule is CCCCCCCCCCCCCCCCC(C)n1ccnc1C(CCC)CCCCCCCCCCC. The summed E-state index contributed by atoms with van der Waals surface area (Å²) in [5, 5.41) is 0. The molecule has 0 aliphatic rings. The monoisotopic (exact) mass is 531 g/mol. The molecule has 1 rings (SSSR count). The lowest BCUT2D eigenvalue weighted by atomic mass is 9.94. The van der Waals surface area contributed by atoms with Crippen molar-refractivity contribution in [2.75, 3.05) is 0 Å². The number of hydrogen-bond donors (Lipinski definition) is 0. The second-order valence-electron chi connectivity index (χ2n) is 12.5. The molecule has 2 atom stereocenters. The van der Waals surface area contributed by atoms with Gasteiger partial charge in [-0.15, -0.1) is 0 Å². The van der Waals surface area contributed by atoms with Gasteiger partial charge in [0.2, 0.25) is 0 Å². The van der Waals surface area contributed by atoms with Gasteiger partial charge in [0.15, 0.2) is 0 Å². The number of aromatic nitrogens is 2. The van der Waals surface area contributed by atoms with E-state index >= 15 is 0 Å². The highest BCUT2D eigenvalue weighted by Gasteiger charge is 2.18. The Morgan fingerprint density at radius 1 is 0.500 bits per heavy atom. The van der Waals surface area contributed by atoms with Crippen LogP contribution in [-0.4, -0.2) is 9.55 Å². The molecular weight excluding hydrogens is 460 g/mol. The standard InChI is InChI=1S/C36H70N2/c1-5-8-10-12-14-16-17-18-19-20-22-23-25-27-30-34(4)38-33-32-37-36(38)35(29-7-3)31-28-26-24-21-15-13-11-9-6-2/h32-35H,5-31H2,1-4H3. The molecule has 2 unspecified atom stereocenters. The molecule has 2 heteroatoms. The number of hydrogen-bond acceptors (Lipinski definition) is 1. The molecule has 0 saturated heterocycles. The van der Waals surface area contributed by atoms with Gasteiger partial charge in [-0.3, -0.25) is 0 Å². The molecule has 0 aromatic carbocycles. The maximum Gasteiger partial charge on any atom is 0.111 e. The highest BCUT2D eigenvalue weighted by Crippen LogP contribution is 2.29. The van der Waals surface area contributed by atoms with Gasteiger partial charge in [0, 0.05) is 24.4 Å². The minimum Gasteiger partial charge on any atom is -0.332 e. The van der Waals surface area contributed by atoms with Gasteiger partial charge in [0.25, 0.3) is 0 Å². The Labute approximate surface area is 240 Å². The van der Waals surface area contributed by atoms with E-state index in [2.05, 4.69) is 44.7 Å². The van der Waals surface area contributed by atoms with Gasteiger partial charge in [-0.1, -0.05) is 175 Å². The lowest BCUT2D eigenvalue weighted by Crippen LogP contribution is -2.13. The second kappa shape index (κ2) is 26.4. The van der Waals surface area contributed by atoms with Crippen LogP contribution in [0, 0.1) is 0 Å². The summed E-state index contributed by atoms with van der Waals surface area (Å²) in [6.07, 6.45) is 42.4. The summed E-state index contributed by atoms with van der Waals surface area (Å²) in [5.41, 5.74) is 0. The third-order valence-electron chi connectivity index (χ3n) is 8.81. The van der Waals surface area contributed by atoms with E-state index in [0.29, 0.717) is 12.0 Å². The van der Waals surface area contributed by atoms with Crippen molar-refractivity contribution >= 4 is 0 Å². The van der Waals surface area contributed by atoms with Crippen LogP contribution < -0.4 is 0 Å². The van der Waals surface area contributed by atoms with E-state index in [0.717, 1.165) is 0 Å². The van der Waals surface area contributed by atoms with Gasteiger partial charge in [-0.05, 0) is 26.2 Å². The van der Waals surface area contributed by atoms with Gasteiger partial charge >= 0.3 is 0 Å². The molecule has 0 N–H and O–H groups in total. The first-order valence-corrected chi connectivity index (χ1v) is 17.8. The van der Waals surface area contributed by atoms with Crippen LogP contribution >= 0.6 is 0 Å². The van der Waals surface area contributed by atoms with Gasteiger partial charge in [-0.25, -0.2) is 4.98 Å². The normalized spacial score (nSPS) is 13.3. The van der Waals surface area contributed by atoms with E-state index in [1.165, 1.54) is 179 Å². The summed E-state index contributed by atoms with van der Waals surface area (Å²) in [5.74, 6) is 2.03. The molecule has 1 heterocycles. The molecule has 0 spiro atoms. The molecular formula is C36H70N2. The minimum absolute atomic E-state index is 0.590. The van der Waals surface area contributed by atoms with Crippen LogP contribution in [0.15, 0.2) is 12.4 Å². The van der Waals surface area contributed by atoms with Gasteiger partial charge in [0.1, 0.15) is 5.82 Å². The summed E-state index contributed by atoms with van der Waals surface area (Å²) >= 11 is 0. The summed E-state index contributed by atoms with van der Waals surface area (Å²) in [6, 6.07) is 0.590. The number of imidazole rings is 1. The maximum absolute atomic E-state index is 4.89. The van der Waals surface area contributed by atoms with Crippen molar-refractivity contribution in [2.45, 2.75) is 213 Å². The summed E-state index contributed by atoms with van der Waals surface area (Å²) in [6.45, 7) is 9.38. The molecule has 38 heavy (non-hydrogen) atoms. The van der Waals surface area contributed by atoms with Crippen molar-refractivity contribution in [3.8, 4) is 0 Å². The average molecular weight is 531 g/mol. The zero-order chi connectivity index (χ0) is 27.5. The largest absolute Gasteiger partial charge is 0.332 e. The van der Waals surface area contributed by atoms with Crippen LogP contribution in [0.2, 0.25) is 0 Å². The van der Waals surface area contributed by atoms with Crippen LogP contribution in [0.4, 0.5) is 0 Å². The zero-order valence-corrected chi connectivity index (χ0v) is 26.8. The van der Waals surface area contributed by atoms with Crippen molar-refractivity contribution in [3.05, 3.63) is 18.2 Å². The first-order chi connectivity index (χ1) is 18.7. The molecule has 0 saturated carbocycles. The van der Waals surface area contributed by atoms with Crippen LogP contribution in [0.25, 0.3) is 0 Å². The lowest BCUT2D eigenvalue weighted by Gasteiger charge is -2.22. The van der Waals surface area contributed by atoms with Crippen molar-refractivity contribution in [1.29, 1.82) is 0 Å². The van der Waals surface area contributed by atoms with Crippen molar-refractivity contribution in [1.82, 2.24) is 9.55 Å². The Morgan fingerprint density at radius 3 is 1.32 bits per heavy atom. The molecule has 1 aromatic rings. The summed E-state index contributed by atoms with van der Waals surface area (Å²) < 4.78 is 2.54. The van der Waals surface area contributed by atoms with E-state index < -0.39 is 0 Å². The Kier molecular flexibility index (Phi) is 24.5. The van der Waals surface area contributed by atoms with E-state index in [4.69, 9.17) is 4.98 Å². The lowest BCUT2D eigenvalue weighted by molar-refractivity contribution is 0.419. The quantitative estimate of drug-likeness (QED) is 0.0941. The molecule has 0 aliphatic carbocycles. The number of unbranched alkanes of at least 4 members (excludes halogenated alkanes) is 21. The molecule has 0 bridgehead atoms. The molecule has 0 radical (unpaired) electrons. The fourth-order valence-electron chi connectivity index (χ4n) is 6.24. The third-order valence-corrected chi connectivity index (χ3v) is 8.81. The smallest absolute Gasteiger partial charge is 0.111 e. The van der Waals surface area contributed by atoms with E-state index in [1.54, 1.807) is 0 Å². The van der Waals surface area contributed by atoms with E-state index in [9.17, 15) is 0 Å². The number of nitrogens with zero attached hydrogens (tertiary/aromatic N) is 2. The highest BCUT2D eigenvalue weighted by atomic mass is 15.1.